The first kappa shape index (κ1) is 12.5. The van der Waals surface area contributed by atoms with Crippen molar-refractivity contribution in [3.05, 3.63) is 42.5 Å². The van der Waals surface area contributed by atoms with Crippen LogP contribution in [0.25, 0.3) is 0 Å². The first-order chi connectivity index (χ1) is 9.86. The van der Waals surface area contributed by atoms with Crippen LogP contribution in [-0.4, -0.2) is 12.6 Å². The molecule has 4 rings (SSSR count). The third-order valence-electron chi connectivity index (χ3n) is 5.57. The first-order valence-electron chi connectivity index (χ1n) is 7.93. The van der Waals surface area contributed by atoms with E-state index in [1.807, 2.05) is 0 Å². The van der Waals surface area contributed by atoms with E-state index in [1.54, 1.807) is 6.08 Å². The average Bonchev–Trinajstić information content (AvgIpc) is 2.87. The summed E-state index contributed by atoms with van der Waals surface area (Å²) in [4.78, 5) is 0. The van der Waals surface area contributed by atoms with Crippen molar-refractivity contribution in [3.63, 3.8) is 0 Å². The molecule has 0 spiro atoms. The lowest BCUT2D eigenvalue weighted by atomic mass is 10.0. The summed E-state index contributed by atoms with van der Waals surface area (Å²) in [7, 11) is 0. The lowest BCUT2D eigenvalue weighted by Gasteiger charge is -2.11. The summed E-state index contributed by atoms with van der Waals surface area (Å²) in [6, 6.07) is 9.25. The van der Waals surface area contributed by atoms with E-state index >= 15 is 0 Å². The summed E-state index contributed by atoms with van der Waals surface area (Å²) in [6.45, 7) is 5.23. The van der Waals surface area contributed by atoms with Gasteiger partial charge in [-0.05, 0) is 60.6 Å². The van der Waals surface area contributed by atoms with Gasteiger partial charge in [0.1, 0.15) is 12.4 Å². The highest BCUT2D eigenvalue weighted by Crippen LogP contribution is 2.65. The number of nitrogens with one attached hydrogen (secondary N) is 1. The van der Waals surface area contributed by atoms with Gasteiger partial charge in [-0.25, -0.2) is 0 Å². The van der Waals surface area contributed by atoms with Crippen LogP contribution in [0.1, 0.15) is 24.8 Å². The summed E-state index contributed by atoms with van der Waals surface area (Å²) >= 11 is 0. The van der Waals surface area contributed by atoms with E-state index in [1.165, 1.54) is 24.8 Å². The molecule has 106 valence electrons. The Bertz CT molecular complexity index is 479. The molecule has 4 unspecified atom stereocenters. The van der Waals surface area contributed by atoms with Crippen LogP contribution in [0.2, 0.25) is 0 Å². The van der Waals surface area contributed by atoms with Crippen LogP contribution in [0, 0.1) is 23.7 Å². The number of fused-ring (bicyclic) bond motifs is 5. The molecule has 0 amide bonds. The van der Waals surface area contributed by atoms with E-state index in [9.17, 15) is 0 Å². The highest BCUT2D eigenvalue weighted by atomic mass is 16.5. The maximum atomic E-state index is 5.51. The zero-order chi connectivity index (χ0) is 13.5. The third kappa shape index (κ3) is 2.07. The Kier molecular flexibility index (Phi) is 3.07. The number of benzene rings is 1. The van der Waals surface area contributed by atoms with Crippen LogP contribution in [-0.2, 0) is 6.54 Å². The Morgan fingerprint density at radius 3 is 2.50 bits per heavy atom. The van der Waals surface area contributed by atoms with Crippen LogP contribution in [0.4, 0.5) is 0 Å². The van der Waals surface area contributed by atoms with Gasteiger partial charge in [0.05, 0.1) is 0 Å². The number of rotatable bonds is 6. The second-order valence-corrected chi connectivity index (χ2v) is 6.64. The highest BCUT2D eigenvalue weighted by Gasteiger charge is 2.64. The minimum atomic E-state index is 0.575. The summed E-state index contributed by atoms with van der Waals surface area (Å²) < 4.78 is 5.51. The quantitative estimate of drug-likeness (QED) is 0.799. The predicted molar refractivity (Wildman–Crippen MR) is 80.6 cm³/mol. The third-order valence-corrected chi connectivity index (χ3v) is 5.57. The van der Waals surface area contributed by atoms with Crippen LogP contribution < -0.4 is 10.1 Å². The molecule has 2 heteroatoms. The van der Waals surface area contributed by atoms with Gasteiger partial charge in [-0.15, -0.1) is 0 Å². The average molecular weight is 269 g/mol. The van der Waals surface area contributed by atoms with Crippen molar-refractivity contribution in [1.29, 1.82) is 0 Å². The van der Waals surface area contributed by atoms with Crippen molar-refractivity contribution in [2.24, 2.45) is 23.7 Å². The van der Waals surface area contributed by atoms with Crippen LogP contribution in [0.5, 0.6) is 5.75 Å². The van der Waals surface area contributed by atoms with Crippen molar-refractivity contribution < 1.29 is 4.74 Å². The summed E-state index contributed by atoms with van der Waals surface area (Å²) in [6.07, 6.45) is 6.30. The largest absolute Gasteiger partial charge is 0.490 e. The molecule has 1 N–H and O–H groups in total. The Morgan fingerprint density at radius 1 is 1.15 bits per heavy atom. The van der Waals surface area contributed by atoms with Crippen molar-refractivity contribution >= 4 is 0 Å². The van der Waals surface area contributed by atoms with E-state index in [2.05, 4.69) is 36.2 Å². The molecule has 4 atom stereocenters. The van der Waals surface area contributed by atoms with Gasteiger partial charge in [0.2, 0.25) is 0 Å². The van der Waals surface area contributed by atoms with E-state index < -0.39 is 0 Å². The van der Waals surface area contributed by atoms with Gasteiger partial charge in [-0.2, -0.15) is 0 Å². The standard InChI is InChI=1S/C18H23NO/c1-2-9-20-15-7-3-12(4-8-15)11-19-18-16-13-5-6-14(10-13)17(16)18/h2-4,7-8,13-14,16-19H,1,5-6,9-11H2. The van der Waals surface area contributed by atoms with E-state index in [0.29, 0.717) is 6.61 Å². The van der Waals surface area contributed by atoms with E-state index in [0.717, 1.165) is 42.0 Å². The molecular weight excluding hydrogens is 246 g/mol. The Labute approximate surface area is 121 Å². The number of hydrogen-bond donors (Lipinski definition) is 1. The van der Waals surface area contributed by atoms with Gasteiger partial charge >= 0.3 is 0 Å². The summed E-state index contributed by atoms with van der Waals surface area (Å²) in [5.74, 6) is 5.07. The smallest absolute Gasteiger partial charge is 0.119 e. The monoisotopic (exact) mass is 269 g/mol. The van der Waals surface area contributed by atoms with Crippen molar-refractivity contribution in [2.75, 3.05) is 6.61 Å². The SMILES string of the molecule is C=CCOc1ccc(CNC2C3C4CCC(C4)C23)cc1. The molecule has 3 saturated carbocycles. The molecule has 1 aromatic carbocycles. The summed E-state index contributed by atoms with van der Waals surface area (Å²) in [5.41, 5.74) is 1.35. The minimum Gasteiger partial charge on any atom is -0.490 e. The molecule has 0 saturated heterocycles. The van der Waals surface area contributed by atoms with Gasteiger partial charge in [-0.3, -0.25) is 0 Å². The lowest BCUT2D eigenvalue weighted by molar-refractivity contribution is 0.363. The molecule has 3 aliphatic carbocycles. The molecule has 0 heterocycles. The van der Waals surface area contributed by atoms with Gasteiger partial charge in [-0.1, -0.05) is 24.8 Å². The molecule has 1 aromatic rings. The van der Waals surface area contributed by atoms with Crippen LogP contribution >= 0.6 is 0 Å². The molecule has 20 heavy (non-hydrogen) atoms. The molecule has 0 aliphatic heterocycles. The minimum absolute atomic E-state index is 0.575. The number of hydrogen-bond acceptors (Lipinski definition) is 2. The van der Waals surface area contributed by atoms with Gasteiger partial charge in [0.15, 0.2) is 0 Å². The predicted octanol–water partition coefficient (Wildman–Crippen LogP) is 3.39. The second kappa shape index (κ2) is 4.92. The normalized spacial score (nSPS) is 36.7. The van der Waals surface area contributed by atoms with Crippen molar-refractivity contribution in [2.45, 2.75) is 31.8 Å². The Hall–Kier alpha value is -1.28. The maximum absolute atomic E-state index is 5.51. The molecule has 0 radical (unpaired) electrons. The zero-order valence-corrected chi connectivity index (χ0v) is 11.9. The molecular formula is C18H23NO. The Balaban J connectivity index is 1.29. The van der Waals surface area contributed by atoms with Gasteiger partial charge < -0.3 is 10.1 Å². The van der Waals surface area contributed by atoms with Crippen molar-refractivity contribution in [1.82, 2.24) is 5.32 Å². The van der Waals surface area contributed by atoms with Crippen molar-refractivity contribution in [3.8, 4) is 5.75 Å². The highest BCUT2D eigenvalue weighted by molar-refractivity contribution is 5.28. The molecule has 2 bridgehead atoms. The van der Waals surface area contributed by atoms with Gasteiger partial charge in [0, 0.05) is 12.6 Å². The van der Waals surface area contributed by atoms with Crippen LogP contribution in [0.15, 0.2) is 36.9 Å². The fourth-order valence-electron chi connectivity index (χ4n) is 4.69. The van der Waals surface area contributed by atoms with E-state index in [-0.39, 0.29) is 0 Å². The zero-order valence-electron chi connectivity index (χ0n) is 11.9. The molecule has 2 nitrogen and oxygen atoms in total. The van der Waals surface area contributed by atoms with Crippen LogP contribution in [0.3, 0.4) is 0 Å². The molecule has 3 fully saturated rings. The Morgan fingerprint density at radius 2 is 1.85 bits per heavy atom. The maximum Gasteiger partial charge on any atom is 0.119 e. The molecule has 3 aliphatic rings. The number of ether oxygens (including phenoxy) is 1. The lowest BCUT2D eigenvalue weighted by Crippen LogP contribution is -2.22. The topological polar surface area (TPSA) is 21.3 Å². The van der Waals surface area contributed by atoms with Gasteiger partial charge in [0.25, 0.3) is 0 Å². The second-order valence-electron chi connectivity index (χ2n) is 6.64. The fourth-order valence-corrected chi connectivity index (χ4v) is 4.69. The van der Waals surface area contributed by atoms with E-state index in [4.69, 9.17) is 4.74 Å². The summed E-state index contributed by atoms with van der Waals surface area (Å²) in [5, 5.41) is 3.78. The fraction of sp³-hybridized carbons (Fsp3) is 0.556. The molecule has 0 aromatic heterocycles. The first-order valence-corrected chi connectivity index (χ1v) is 7.93.